The number of benzene rings is 1. The Kier molecular flexibility index (Phi) is 1.83. The minimum absolute atomic E-state index is 0.218. The van der Waals surface area contributed by atoms with Gasteiger partial charge in [0.05, 0.1) is 23.4 Å². The Bertz CT molecular complexity index is 633. The van der Waals surface area contributed by atoms with E-state index in [-0.39, 0.29) is 5.75 Å². The fraction of sp³-hybridized carbons (Fsp3) is 0. The molecule has 3 rings (SSSR count). The van der Waals surface area contributed by atoms with E-state index < -0.39 is 0 Å². The van der Waals surface area contributed by atoms with Gasteiger partial charge in [0.25, 0.3) is 0 Å². The van der Waals surface area contributed by atoms with Crippen molar-refractivity contribution in [3.63, 3.8) is 0 Å². The molecule has 0 unspecified atom stereocenters. The van der Waals surface area contributed by atoms with Crippen LogP contribution in [0.15, 0.2) is 36.7 Å². The third-order valence-electron chi connectivity index (χ3n) is 2.32. The number of imidazole rings is 1. The van der Waals surface area contributed by atoms with Crippen LogP contribution in [0.4, 0.5) is 0 Å². The van der Waals surface area contributed by atoms with Crippen molar-refractivity contribution in [1.29, 1.82) is 0 Å². The maximum Gasteiger partial charge on any atom is 0.140 e. The second-order valence-electron chi connectivity index (χ2n) is 3.42. The maximum absolute atomic E-state index is 9.34. The Morgan fingerprint density at radius 2 is 2.06 bits per heavy atom. The monoisotopic (exact) mass is 212 g/mol. The van der Waals surface area contributed by atoms with Crippen molar-refractivity contribution < 1.29 is 5.11 Å². The van der Waals surface area contributed by atoms with Crippen LogP contribution in [0.25, 0.3) is 22.4 Å². The number of aromatic nitrogens is 4. The SMILES string of the molecule is Oc1ccc2nc(-c3ccnnc3)[nH]c2c1. The van der Waals surface area contributed by atoms with Crippen molar-refractivity contribution in [2.75, 3.05) is 0 Å². The van der Waals surface area contributed by atoms with Crippen LogP contribution in [0, 0.1) is 0 Å². The van der Waals surface area contributed by atoms with Gasteiger partial charge in [0.15, 0.2) is 0 Å². The molecule has 0 aliphatic heterocycles. The zero-order valence-corrected chi connectivity index (χ0v) is 8.25. The molecule has 0 bridgehead atoms. The van der Waals surface area contributed by atoms with Crippen LogP contribution in [-0.4, -0.2) is 25.3 Å². The average Bonchev–Trinajstić information content (AvgIpc) is 2.73. The summed E-state index contributed by atoms with van der Waals surface area (Å²) in [6, 6.07) is 6.84. The molecule has 78 valence electrons. The van der Waals surface area contributed by atoms with Gasteiger partial charge in [-0.2, -0.15) is 10.2 Å². The number of rotatable bonds is 1. The first-order valence-corrected chi connectivity index (χ1v) is 4.79. The number of phenolic OH excluding ortho intramolecular Hbond substituents is 1. The maximum atomic E-state index is 9.34. The van der Waals surface area contributed by atoms with Gasteiger partial charge in [-0.3, -0.25) is 0 Å². The number of nitrogens with zero attached hydrogens (tertiary/aromatic N) is 3. The normalized spacial score (nSPS) is 10.8. The summed E-state index contributed by atoms with van der Waals surface area (Å²) in [5.74, 6) is 0.936. The summed E-state index contributed by atoms with van der Waals surface area (Å²) >= 11 is 0. The fourth-order valence-electron chi connectivity index (χ4n) is 1.57. The lowest BCUT2D eigenvalue weighted by molar-refractivity contribution is 0.476. The van der Waals surface area contributed by atoms with Crippen LogP contribution >= 0.6 is 0 Å². The van der Waals surface area contributed by atoms with E-state index in [0.717, 1.165) is 22.4 Å². The van der Waals surface area contributed by atoms with Crippen molar-refractivity contribution in [2.45, 2.75) is 0 Å². The third-order valence-corrected chi connectivity index (χ3v) is 2.32. The molecular weight excluding hydrogens is 204 g/mol. The Morgan fingerprint density at radius 3 is 2.88 bits per heavy atom. The highest BCUT2D eigenvalue weighted by molar-refractivity contribution is 5.80. The molecular formula is C11H8N4O. The number of hydrogen-bond donors (Lipinski definition) is 2. The molecule has 0 atom stereocenters. The van der Waals surface area contributed by atoms with Crippen LogP contribution in [0.1, 0.15) is 0 Å². The van der Waals surface area contributed by atoms with Gasteiger partial charge in [-0.1, -0.05) is 0 Å². The van der Waals surface area contributed by atoms with Crippen LogP contribution in [0.2, 0.25) is 0 Å². The first kappa shape index (κ1) is 8.84. The number of nitrogens with one attached hydrogen (secondary N) is 1. The van der Waals surface area contributed by atoms with E-state index >= 15 is 0 Å². The molecule has 0 aliphatic rings. The van der Waals surface area contributed by atoms with E-state index in [4.69, 9.17) is 0 Å². The van der Waals surface area contributed by atoms with Crippen molar-refractivity contribution >= 4 is 11.0 Å². The zero-order chi connectivity index (χ0) is 11.0. The number of aromatic hydroxyl groups is 1. The predicted molar refractivity (Wildman–Crippen MR) is 58.8 cm³/mol. The fourth-order valence-corrected chi connectivity index (χ4v) is 1.57. The predicted octanol–water partition coefficient (Wildman–Crippen LogP) is 1.73. The molecule has 0 saturated carbocycles. The van der Waals surface area contributed by atoms with Crippen molar-refractivity contribution in [2.24, 2.45) is 0 Å². The molecule has 0 aliphatic carbocycles. The smallest absolute Gasteiger partial charge is 0.140 e. The van der Waals surface area contributed by atoms with Gasteiger partial charge in [-0.15, -0.1) is 0 Å². The number of H-pyrrole nitrogens is 1. The largest absolute Gasteiger partial charge is 0.508 e. The molecule has 3 aromatic rings. The van der Waals surface area contributed by atoms with Crippen LogP contribution < -0.4 is 0 Å². The molecule has 2 N–H and O–H groups in total. The average molecular weight is 212 g/mol. The summed E-state index contributed by atoms with van der Waals surface area (Å²) in [5, 5.41) is 16.8. The van der Waals surface area contributed by atoms with Gasteiger partial charge in [-0.05, 0) is 18.2 Å². The van der Waals surface area contributed by atoms with Crippen LogP contribution in [0.5, 0.6) is 5.75 Å². The topological polar surface area (TPSA) is 74.7 Å². The molecule has 5 nitrogen and oxygen atoms in total. The quantitative estimate of drug-likeness (QED) is 0.644. The van der Waals surface area contributed by atoms with Crippen molar-refractivity contribution in [1.82, 2.24) is 20.2 Å². The van der Waals surface area contributed by atoms with Crippen molar-refractivity contribution in [3.8, 4) is 17.1 Å². The van der Waals surface area contributed by atoms with Gasteiger partial charge < -0.3 is 10.1 Å². The van der Waals surface area contributed by atoms with E-state index in [0.29, 0.717) is 0 Å². The highest BCUT2D eigenvalue weighted by atomic mass is 16.3. The van der Waals surface area contributed by atoms with Gasteiger partial charge in [0.2, 0.25) is 0 Å². The van der Waals surface area contributed by atoms with Gasteiger partial charge in [0.1, 0.15) is 11.6 Å². The lowest BCUT2D eigenvalue weighted by Gasteiger charge is -1.91. The number of hydrogen-bond acceptors (Lipinski definition) is 4. The lowest BCUT2D eigenvalue weighted by Crippen LogP contribution is -1.83. The van der Waals surface area contributed by atoms with Gasteiger partial charge in [-0.25, -0.2) is 4.98 Å². The molecule has 0 saturated heterocycles. The first-order chi connectivity index (χ1) is 7.83. The summed E-state index contributed by atoms with van der Waals surface area (Å²) in [4.78, 5) is 7.50. The zero-order valence-electron chi connectivity index (χ0n) is 8.25. The Balaban J connectivity index is 2.19. The Morgan fingerprint density at radius 1 is 1.12 bits per heavy atom. The standard InChI is InChI=1S/C11H8N4O/c16-8-1-2-9-10(5-8)15-11(14-9)7-3-4-12-13-6-7/h1-6,16H,(H,14,15). The van der Waals surface area contributed by atoms with E-state index in [1.807, 2.05) is 6.07 Å². The van der Waals surface area contributed by atoms with E-state index in [1.165, 1.54) is 0 Å². The minimum Gasteiger partial charge on any atom is -0.508 e. The summed E-state index contributed by atoms with van der Waals surface area (Å²) in [6.07, 6.45) is 3.25. The first-order valence-electron chi connectivity index (χ1n) is 4.79. The Hall–Kier alpha value is -2.43. The molecule has 1 aromatic carbocycles. The molecule has 2 heterocycles. The summed E-state index contributed by atoms with van der Waals surface area (Å²) in [7, 11) is 0. The molecule has 0 amide bonds. The molecule has 0 radical (unpaired) electrons. The van der Waals surface area contributed by atoms with E-state index in [1.54, 1.807) is 30.6 Å². The summed E-state index contributed by atoms with van der Waals surface area (Å²) < 4.78 is 0. The van der Waals surface area contributed by atoms with E-state index in [9.17, 15) is 5.11 Å². The minimum atomic E-state index is 0.218. The Labute approximate surface area is 90.8 Å². The summed E-state index contributed by atoms with van der Waals surface area (Å²) in [6.45, 7) is 0. The number of fused-ring (bicyclic) bond motifs is 1. The lowest BCUT2D eigenvalue weighted by atomic mass is 10.3. The van der Waals surface area contributed by atoms with Crippen LogP contribution in [-0.2, 0) is 0 Å². The third kappa shape index (κ3) is 1.38. The van der Waals surface area contributed by atoms with Gasteiger partial charge in [0, 0.05) is 11.6 Å². The highest BCUT2D eigenvalue weighted by Crippen LogP contribution is 2.22. The number of aromatic amines is 1. The molecule has 0 fully saturated rings. The second-order valence-corrected chi connectivity index (χ2v) is 3.42. The molecule has 0 spiro atoms. The number of phenols is 1. The molecule has 2 aromatic heterocycles. The van der Waals surface area contributed by atoms with E-state index in [2.05, 4.69) is 20.2 Å². The molecule has 16 heavy (non-hydrogen) atoms. The highest BCUT2D eigenvalue weighted by Gasteiger charge is 2.05. The van der Waals surface area contributed by atoms with Gasteiger partial charge >= 0.3 is 0 Å². The van der Waals surface area contributed by atoms with Crippen LogP contribution in [0.3, 0.4) is 0 Å². The molecule has 5 heteroatoms. The summed E-state index contributed by atoms with van der Waals surface area (Å²) in [5.41, 5.74) is 2.47. The van der Waals surface area contributed by atoms with Crippen molar-refractivity contribution in [3.05, 3.63) is 36.7 Å². The second kappa shape index (κ2) is 3.30.